The fourth-order valence-electron chi connectivity index (χ4n) is 4.24. The van der Waals surface area contributed by atoms with Crippen molar-refractivity contribution in [3.05, 3.63) is 89.7 Å². The van der Waals surface area contributed by atoms with Gasteiger partial charge in [0.2, 0.25) is 0 Å². The van der Waals surface area contributed by atoms with Gasteiger partial charge in [0.1, 0.15) is 11.6 Å². The Morgan fingerprint density at radius 1 is 0.889 bits per heavy atom. The average molecular weight is 514 g/mol. The second-order valence-electron chi connectivity index (χ2n) is 8.34. The molecule has 0 fully saturated rings. The van der Waals surface area contributed by atoms with Crippen LogP contribution in [-0.4, -0.2) is 36.8 Å². The van der Waals surface area contributed by atoms with Gasteiger partial charge in [-0.3, -0.25) is 0 Å². The highest BCUT2D eigenvalue weighted by Gasteiger charge is 2.42. The van der Waals surface area contributed by atoms with Gasteiger partial charge < -0.3 is 19.6 Å². The molecule has 0 aromatic heterocycles. The number of alkyl halides is 6. The first-order valence-corrected chi connectivity index (χ1v) is 10.9. The Bertz CT molecular complexity index is 1180. The van der Waals surface area contributed by atoms with Crippen molar-refractivity contribution in [3.63, 3.8) is 0 Å². The van der Waals surface area contributed by atoms with E-state index in [1.54, 1.807) is 30.3 Å². The van der Waals surface area contributed by atoms with Crippen LogP contribution in [-0.2, 0) is 6.54 Å². The number of hydrogen-bond acceptors (Lipinski definition) is 4. The van der Waals surface area contributed by atoms with Crippen LogP contribution < -0.4 is 14.5 Å². The number of hydrogen-bond donors (Lipinski definition) is 1. The molecule has 2 atom stereocenters. The lowest BCUT2D eigenvalue weighted by Crippen LogP contribution is -2.49. The van der Waals surface area contributed by atoms with E-state index in [1.165, 1.54) is 47.4 Å². The normalized spacial score (nSPS) is 17.1. The topological polar surface area (TPSA) is 35.9 Å². The second-order valence-corrected chi connectivity index (χ2v) is 8.34. The van der Waals surface area contributed by atoms with E-state index in [0.717, 1.165) is 0 Å². The molecule has 1 heterocycles. The standard InChI is InChI=1S/C25H21F7N2O2/c26-18-10-8-17(9-11-18)22-14-33(13-16-4-3-5-19(12-16)36-25(30,31)32)20-6-1-2-7-21(20)34(22)15-23(35)24(27,28)29/h1-12,22-23,35H,13-15H2/t22?,23-/m1/s1. The van der Waals surface area contributed by atoms with Crippen LogP contribution in [0.3, 0.4) is 0 Å². The average Bonchev–Trinajstić information content (AvgIpc) is 2.79. The van der Waals surface area contributed by atoms with Gasteiger partial charge in [0, 0.05) is 13.1 Å². The highest BCUT2D eigenvalue weighted by Crippen LogP contribution is 2.42. The van der Waals surface area contributed by atoms with E-state index in [2.05, 4.69) is 4.74 Å². The van der Waals surface area contributed by atoms with Crippen molar-refractivity contribution >= 4 is 11.4 Å². The van der Waals surface area contributed by atoms with E-state index in [-0.39, 0.29) is 13.1 Å². The van der Waals surface area contributed by atoms with Gasteiger partial charge in [-0.05, 0) is 47.5 Å². The highest BCUT2D eigenvalue weighted by molar-refractivity contribution is 5.74. The number of fused-ring (bicyclic) bond motifs is 1. The van der Waals surface area contributed by atoms with Gasteiger partial charge >= 0.3 is 12.5 Å². The SMILES string of the molecule is O[C@H](CN1c2ccccc2N(Cc2cccc(OC(F)(F)F)c2)CC1c1ccc(F)cc1)C(F)(F)F. The summed E-state index contributed by atoms with van der Waals surface area (Å²) in [6.45, 7) is -0.512. The molecule has 192 valence electrons. The van der Waals surface area contributed by atoms with E-state index < -0.39 is 42.8 Å². The lowest BCUT2D eigenvalue weighted by atomic mass is 9.98. The third kappa shape index (κ3) is 6.01. The molecular formula is C25H21F7N2O2. The van der Waals surface area contributed by atoms with Crippen LogP contribution in [0.2, 0.25) is 0 Å². The van der Waals surface area contributed by atoms with Crippen molar-refractivity contribution in [1.29, 1.82) is 0 Å². The van der Waals surface area contributed by atoms with Crippen molar-refractivity contribution in [1.82, 2.24) is 0 Å². The Morgan fingerprint density at radius 3 is 2.19 bits per heavy atom. The van der Waals surface area contributed by atoms with Crippen LogP contribution in [0.25, 0.3) is 0 Å². The summed E-state index contributed by atoms with van der Waals surface area (Å²) in [6, 6.07) is 16.6. The van der Waals surface area contributed by atoms with Gasteiger partial charge in [0.15, 0.2) is 6.10 Å². The van der Waals surface area contributed by atoms with Crippen LogP contribution in [0.5, 0.6) is 5.75 Å². The molecule has 3 aromatic rings. The summed E-state index contributed by atoms with van der Waals surface area (Å²) in [5.41, 5.74) is 1.92. The zero-order valence-corrected chi connectivity index (χ0v) is 18.6. The first-order chi connectivity index (χ1) is 16.9. The molecule has 0 saturated carbocycles. The van der Waals surface area contributed by atoms with E-state index >= 15 is 0 Å². The summed E-state index contributed by atoms with van der Waals surface area (Å²) < 4.78 is 95.3. The molecule has 4 nitrogen and oxygen atoms in total. The maximum Gasteiger partial charge on any atom is 0.573 e. The molecule has 1 aliphatic rings. The number of ether oxygens (including phenoxy) is 1. The number of β-amino-alcohol motifs (C(OH)–C–C–N with tert-alkyl or cyclic N) is 1. The van der Waals surface area contributed by atoms with Crippen molar-refractivity contribution in [2.24, 2.45) is 0 Å². The number of halogens is 7. The molecule has 0 radical (unpaired) electrons. The van der Waals surface area contributed by atoms with Gasteiger partial charge in [-0.15, -0.1) is 13.2 Å². The van der Waals surface area contributed by atoms with E-state index in [1.807, 2.05) is 4.90 Å². The van der Waals surface area contributed by atoms with Crippen LogP contribution in [0.4, 0.5) is 42.1 Å². The monoisotopic (exact) mass is 514 g/mol. The van der Waals surface area contributed by atoms with Gasteiger partial charge in [-0.1, -0.05) is 36.4 Å². The molecule has 0 amide bonds. The lowest BCUT2D eigenvalue weighted by molar-refractivity contribution is -0.274. The zero-order chi connectivity index (χ0) is 26.1. The molecule has 11 heteroatoms. The first-order valence-electron chi connectivity index (χ1n) is 10.9. The minimum Gasteiger partial charge on any atom is -0.406 e. The Labute approximate surface area is 202 Å². The molecule has 0 bridgehead atoms. The third-order valence-corrected chi connectivity index (χ3v) is 5.81. The largest absolute Gasteiger partial charge is 0.573 e. The minimum atomic E-state index is -4.86. The smallest absolute Gasteiger partial charge is 0.406 e. The maximum absolute atomic E-state index is 13.6. The maximum atomic E-state index is 13.6. The molecule has 1 N–H and O–H groups in total. The summed E-state index contributed by atoms with van der Waals surface area (Å²) in [4.78, 5) is 3.23. The number of aliphatic hydroxyl groups excluding tert-OH is 1. The van der Waals surface area contributed by atoms with Crippen LogP contribution >= 0.6 is 0 Å². The van der Waals surface area contributed by atoms with E-state index in [4.69, 9.17) is 0 Å². The molecule has 1 unspecified atom stereocenters. The second kappa shape index (κ2) is 9.88. The first kappa shape index (κ1) is 25.6. The number of aliphatic hydroxyl groups is 1. The van der Waals surface area contributed by atoms with Crippen molar-refractivity contribution in [2.75, 3.05) is 22.9 Å². The van der Waals surface area contributed by atoms with Crippen LogP contribution in [0.1, 0.15) is 17.2 Å². The van der Waals surface area contributed by atoms with E-state index in [0.29, 0.717) is 22.5 Å². The molecular weight excluding hydrogens is 493 g/mol. The Hall–Kier alpha value is -3.47. The van der Waals surface area contributed by atoms with Gasteiger partial charge in [0.05, 0.1) is 24.0 Å². The van der Waals surface area contributed by atoms with E-state index in [9.17, 15) is 35.8 Å². The number of rotatable bonds is 6. The summed E-state index contributed by atoms with van der Waals surface area (Å²) in [7, 11) is 0. The molecule has 0 saturated heterocycles. The number of anilines is 2. The lowest BCUT2D eigenvalue weighted by Gasteiger charge is -2.45. The van der Waals surface area contributed by atoms with Gasteiger partial charge in [0.25, 0.3) is 0 Å². The fraction of sp³-hybridized carbons (Fsp3) is 0.280. The molecule has 3 aromatic carbocycles. The summed E-state index contributed by atoms with van der Waals surface area (Å²) >= 11 is 0. The fourth-order valence-corrected chi connectivity index (χ4v) is 4.24. The third-order valence-electron chi connectivity index (χ3n) is 5.81. The predicted molar refractivity (Wildman–Crippen MR) is 119 cm³/mol. The highest BCUT2D eigenvalue weighted by atomic mass is 19.4. The Balaban J connectivity index is 1.71. The zero-order valence-electron chi connectivity index (χ0n) is 18.6. The number of para-hydroxylation sites is 2. The molecule has 4 rings (SSSR count). The van der Waals surface area contributed by atoms with Crippen molar-refractivity contribution in [2.45, 2.75) is 31.2 Å². The van der Waals surface area contributed by atoms with Crippen LogP contribution in [0, 0.1) is 5.82 Å². The van der Waals surface area contributed by atoms with Crippen LogP contribution in [0.15, 0.2) is 72.8 Å². The molecule has 0 aliphatic carbocycles. The molecule has 0 spiro atoms. The van der Waals surface area contributed by atoms with Crippen molar-refractivity contribution < 1.29 is 40.6 Å². The minimum absolute atomic E-state index is 0.123. The van der Waals surface area contributed by atoms with Crippen molar-refractivity contribution in [3.8, 4) is 5.75 Å². The number of nitrogens with zero attached hydrogens (tertiary/aromatic N) is 2. The number of benzene rings is 3. The molecule has 1 aliphatic heterocycles. The Kier molecular flexibility index (Phi) is 7.03. The van der Waals surface area contributed by atoms with Gasteiger partial charge in [-0.25, -0.2) is 4.39 Å². The Morgan fingerprint density at radius 2 is 1.56 bits per heavy atom. The predicted octanol–water partition coefficient (Wildman–Crippen LogP) is 6.22. The van der Waals surface area contributed by atoms with Gasteiger partial charge in [-0.2, -0.15) is 13.2 Å². The summed E-state index contributed by atoms with van der Waals surface area (Å²) in [5, 5.41) is 9.85. The summed E-state index contributed by atoms with van der Waals surface area (Å²) in [5.74, 6) is -0.912. The quantitative estimate of drug-likeness (QED) is 0.397. The molecule has 36 heavy (non-hydrogen) atoms. The summed E-state index contributed by atoms with van der Waals surface area (Å²) in [6.07, 6.45) is -12.3.